The lowest BCUT2D eigenvalue weighted by Crippen LogP contribution is -2.39. The fraction of sp³-hybridized carbons (Fsp3) is 0.471. The number of amides is 2. The highest BCUT2D eigenvalue weighted by Gasteiger charge is 2.28. The van der Waals surface area contributed by atoms with Gasteiger partial charge in [0.25, 0.3) is 11.8 Å². The Labute approximate surface area is 134 Å². The van der Waals surface area contributed by atoms with Gasteiger partial charge in [-0.25, -0.2) is 4.98 Å². The molecule has 4 N–H and O–H groups in total. The Morgan fingerprint density at radius 2 is 2.00 bits per heavy atom. The first-order valence-corrected chi connectivity index (χ1v) is 7.93. The zero-order chi connectivity index (χ0) is 16.6. The summed E-state index contributed by atoms with van der Waals surface area (Å²) in [7, 11) is 0. The van der Waals surface area contributed by atoms with Gasteiger partial charge in [0.15, 0.2) is 0 Å². The van der Waals surface area contributed by atoms with Gasteiger partial charge in [0, 0.05) is 11.4 Å². The largest absolute Gasteiger partial charge is 0.364 e. The Morgan fingerprint density at radius 3 is 2.65 bits per heavy atom. The van der Waals surface area contributed by atoms with Crippen LogP contribution in [0.1, 0.15) is 60.5 Å². The number of rotatable bonds is 3. The molecule has 1 saturated carbocycles. The van der Waals surface area contributed by atoms with Gasteiger partial charge in [-0.1, -0.05) is 13.8 Å². The number of hydrogen-bond donors (Lipinski definition) is 3. The molecule has 0 saturated heterocycles. The third-order valence-electron chi connectivity index (χ3n) is 4.68. The Bertz CT molecular complexity index is 753. The van der Waals surface area contributed by atoms with Crippen molar-refractivity contribution in [2.75, 3.05) is 0 Å². The minimum atomic E-state index is -0.580. The number of nitrogens with two attached hydrogens (primary N) is 1. The molecule has 0 aliphatic heterocycles. The number of aromatic amines is 1. The molecular formula is C17H22N4O2. The fourth-order valence-corrected chi connectivity index (χ4v) is 3.10. The van der Waals surface area contributed by atoms with Crippen molar-refractivity contribution < 1.29 is 9.59 Å². The number of primary amides is 1. The average molecular weight is 314 g/mol. The smallest absolute Gasteiger partial charge is 0.267 e. The Kier molecular flexibility index (Phi) is 3.83. The van der Waals surface area contributed by atoms with Gasteiger partial charge in [-0.3, -0.25) is 9.59 Å². The molecule has 122 valence electrons. The normalized spacial score (nSPS) is 18.0. The van der Waals surface area contributed by atoms with Gasteiger partial charge in [0.1, 0.15) is 11.4 Å². The second-order valence-corrected chi connectivity index (χ2v) is 7.12. The van der Waals surface area contributed by atoms with Gasteiger partial charge >= 0.3 is 0 Å². The molecule has 0 bridgehead atoms. The lowest BCUT2D eigenvalue weighted by atomic mass is 9.75. The van der Waals surface area contributed by atoms with Crippen molar-refractivity contribution in [2.45, 2.75) is 45.6 Å². The lowest BCUT2D eigenvalue weighted by molar-refractivity contribution is 0.0904. The van der Waals surface area contributed by atoms with E-state index in [-0.39, 0.29) is 17.6 Å². The summed E-state index contributed by atoms with van der Waals surface area (Å²) >= 11 is 0. The number of carbonyl (C=O) groups is 2. The van der Waals surface area contributed by atoms with Crippen LogP contribution < -0.4 is 11.1 Å². The maximum Gasteiger partial charge on any atom is 0.267 e. The van der Waals surface area contributed by atoms with E-state index < -0.39 is 5.91 Å². The van der Waals surface area contributed by atoms with Gasteiger partial charge in [-0.2, -0.15) is 0 Å². The van der Waals surface area contributed by atoms with E-state index >= 15 is 0 Å². The molecule has 2 heterocycles. The number of aromatic nitrogens is 2. The van der Waals surface area contributed by atoms with E-state index in [1.807, 2.05) is 0 Å². The quantitative estimate of drug-likeness (QED) is 0.810. The van der Waals surface area contributed by atoms with Crippen LogP contribution in [0.4, 0.5) is 0 Å². The van der Waals surface area contributed by atoms with E-state index in [1.165, 1.54) is 6.20 Å². The monoisotopic (exact) mass is 314 g/mol. The van der Waals surface area contributed by atoms with E-state index in [0.717, 1.165) is 31.1 Å². The van der Waals surface area contributed by atoms with Gasteiger partial charge in [0.2, 0.25) is 0 Å². The van der Waals surface area contributed by atoms with Gasteiger partial charge in [0.05, 0.1) is 11.7 Å². The molecule has 2 aromatic heterocycles. The van der Waals surface area contributed by atoms with Crippen molar-refractivity contribution in [3.05, 3.63) is 29.7 Å². The molecule has 6 nitrogen and oxygen atoms in total. The molecule has 6 heteroatoms. The van der Waals surface area contributed by atoms with Crippen molar-refractivity contribution >= 4 is 22.7 Å². The number of H-pyrrole nitrogens is 1. The predicted octanol–water partition coefficient (Wildman–Crippen LogP) is 2.36. The topological polar surface area (TPSA) is 101 Å². The molecule has 0 aromatic carbocycles. The summed E-state index contributed by atoms with van der Waals surface area (Å²) < 4.78 is 0. The third-order valence-corrected chi connectivity index (χ3v) is 4.68. The Balaban J connectivity index is 1.72. The van der Waals surface area contributed by atoms with Gasteiger partial charge < -0.3 is 16.0 Å². The molecule has 0 radical (unpaired) electrons. The van der Waals surface area contributed by atoms with Crippen LogP contribution in [0.15, 0.2) is 18.3 Å². The van der Waals surface area contributed by atoms with E-state index in [4.69, 9.17) is 5.73 Å². The second kappa shape index (κ2) is 5.68. The van der Waals surface area contributed by atoms with Crippen molar-refractivity contribution in [3.63, 3.8) is 0 Å². The molecule has 0 atom stereocenters. The summed E-state index contributed by atoms with van der Waals surface area (Å²) in [6.07, 6.45) is 5.78. The van der Waals surface area contributed by atoms with Crippen molar-refractivity contribution in [1.29, 1.82) is 0 Å². The van der Waals surface area contributed by atoms with Crippen LogP contribution in [-0.2, 0) is 0 Å². The van der Waals surface area contributed by atoms with Crippen LogP contribution >= 0.6 is 0 Å². The highest BCUT2D eigenvalue weighted by atomic mass is 16.2. The van der Waals surface area contributed by atoms with Crippen LogP contribution in [0, 0.1) is 5.41 Å². The maximum absolute atomic E-state index is 12.4. The van der Waals surface area contributed by atoms with E-state index in [1.54, 1.807) is 12.1 Å². The summed E-state index contributed by atoms with van der Waals surface area (Å²) in [6.45, 7) is 4.54. The molecule has 1 aliphatic carbocycles. The zero-order valence-corrected chi connectivity index (χ0v) is 13.5. The highest BCUT2D eigenvalue weighted by Crippen LogP contribution is 2.35. The van der Waals surface area contributed by atoms with Crippen LogP contribution in [0.3, 0.4) is 0 Å². The molecule has 2 amide bonds. The molecular weight excluding hydrogens is 292 g/mol. The zero-order valence-electron chi connectivity index (χ0n) is 13.5. The third kappa shape index (κ3) is 3.36. The summed E-state index contributed by atoms with van der Waals surface area (Å²) in [5.41, 5.74) is 6.99. The minimum absolute atomic E-state index is 0.119. The minimum Gasteiger partial charge on any atom is -0.364 e. The molecule has 1 aliphatic rings. The molecule has 0 unspecified atom stereocenters. The predicted molar refractivity (Wildman–Crippen MR) is 88.1 cm³/mol. The Morgan fingerprint density at radius 1 is 1.30 bits per heavy atom. The maximum atomic E-state index is 12.4. The Hall–Kier alpha value is -2.37. The summed E-state index contributed by atoms with van der Waals surface area (Å²) in [4.78, 5) is 30.6. The van der Waals surface area contributed by atoms with Crippen LogP contribution in [-0.4, -0.2) is 27.8 Å². The molecule has 2 aromatic rings. The van der Waals surface area contributed by atoms with Crippen LogP contribution in [0.2, 0.25) is 0 Å². The number of nitrogens with one attached hydrogen (secondary N) is 2. The number of fused-ring (bicyclic) bond motifs is 1. The molecule has 3 rings (SSSR count). The van der Waals surface area contributed by atoms with Crippen molar-refractivity contribution in [3.8, 4) is 0 Å². The number of pyridine rings is 1. The van der Waals surface area contributed by atoms with E-state index in [9.17, 15) is 9.59 Å². The number of hydrogen-bond acceptors (Lipinski definition) is 3. The second-order valence-electron chi connectivity index (χ2n) is 7.12. The first-order valence-electron chi connectivity index (χ1n) is 7.93. The summed E-state index contributed by atoms with van der Waals surface area (Å²) in [6, 6.07) is 3.54. The van der Waals surface area contributed by atoms with E-state index in [2.05, 4.69) is 29.1 Å². The first kappa shape index (κ1) is 15.5. The number of nitrogens with zero attached hydrogens (tertiary/aromatic N) is 1. The fourth-order valence-electron chi connectivity index (χ4n) is 3.10. The van der Waals surface area contributed by atoms with Gasteiger partial charge in [-0.15, -0.1) is 0 Å². The van der Waals surface area contributed by atoms with Gasteiger partial charge in [-0.05, 0) is 43.2 Å². The standard InChI is InChI=1S/C17H22N4O2/c1-17(2)5-3-11(4-6-17)20-16(23)13-8-10-7-12(15(18)22)19-9-14(10)21-13/h7-9,11,21H,3-6H2,1-2H3,(H2,18,22)(H,20,23). The SMILES string of the molecule is CC1(C)CCC(NC(=O)c2cc3cc(C(N)=O)ncc3[nH]2)CC1. The van der Waals surface area contributed by atoms with Crippen molar-refractivity contribution in [2.24, 2.45) is 11.1 Å². The summed E-state index contributed by atoms with van der Waals surface area (Å²) in [5.74, 6) is -0.699. The number of carbonyl (C=O) groups excluding carboxylic acids is 2. The highest BCUT2D eigenvalue weighted by molar-refractivity contribution is 6.00. The molecule has 1 fully saturated rings. The molecule has 0 spiro atoms. The van der Waals surface area contributed by atoms with Crippen LogP contribution in [0.5, 0.6) is 0 Å². The first-order chi connectivity index (χ1) is 10.8. The van der Waals surface area contributed by atoms with Crippen LogP contribution in [0.25, 0.3) is 10.9 Å². The van der Waals surface area contributed by atoms with E-state index in [0.29, 0.717) is 16.6 Å². The lowest BCUT2D eigenvalue weighted by Gasteiger charge is -2.34. The average Bonchev–Trinajstić information content (AvgIpc) is 2.92. The summed E-state index contributed by atoms with van der Waals surface area (Å²) in [5, 5.41) is 3.84. The molecule has 23 heavy (non-hydrogen) atoms. The van der Waals surface area contributed by atoms with Crippen molar-refractivity contribution in [1.82, 2.24) is 15.3 Å².